The molecule has 1 amide bonds. The van der Waals surface area contributed by atoms with Crippen LogP contribution in [0.3, 0.4) is 0 Å². The molecule has 6 heteroatoms. The number of ether oxygens (including phenoxy) is 1. The Morgan fingerprint density at radius 3 is 2.68 bits per heavy atom. The zero-order chi connectivity index (χ0) is 13.9. The number of rotatable bonds is 6. The third kappa shape index (κ3) is 3.83. The van der Waals surface area contributed by atoms with Crippen LogP contribution in [0.4, 0.5) is 14.5 Å². The van der Waals surface area contributed by atoms with Gasteiger partial charge in [-0.3, -0.25) is 4.79 Å². The SMILES string of the molecule is O=C(CC1(CS)CC1)Nc1ccccc1OC(F)F. The van der Waals surface area contributed by atoms with Crippen LogP contribution in [0.5, 0.6) is 5.75 Å². The fraction of sp³-hybridized carbons (Fsp3) is 0.462. The minimum Gasteiger partial charge on any atom is -0.433 e. The molecule has 1 aromatic carbocycles. The number of thiol groups is 1. The predicted octanol–water partition coefficient (Wildman–Crippen LogP) is 3.33. The van der Waals surface area contributed by atoms with Crippen LogP contribution in [0, 0.1) is 5.41 Å². The van der Waals surface area contributed by atoms with Crippen molar-refractivity contribution >= 4 is 24.2 Å². The average Bonchev–Trinajstić information content (AvgIpc) is 3.11. The quantitative estimate of drug-likeness (QED) is 0.788. The Kier molecular flexibility index (Phi) is 4.29. The standard InChI is InChI=1S/C13H15F2NO2S/c14-12(15)18-10-4-2-1-3-9(10)16-11(17)7-13(8-19)5-6-13/h1-4,12,19H,5-8H2,(H,16,17). The number of alkyl halides is 2. The van der Waals surface area contributed by atoms with Gasteiger partial charge in [0.1, 0.15) is 5.75 Å². The molecular formula is C13H15F2NO2S. The number of hydrogen-bond acceptors (Lipinski definition) is 3. The molecule has 0 atom stereocenters. The molecule has 0 aliphatic heterocycles. The van der Waals surface area contributed by atoms with E-state index in [1.165, 1.54) is 12.1 Å². The summed E-state index contributed by atoms with van der Waals surface area (Å²) in [6.45, 7) is -2.91. The number of carbonyl (C=O) groups excluding carboxylic acids is 1. The summed E-state index contributed by atoms with van der Waals surface area (Å²) in [7, 11) is 0. The molecule has 0 bridgehead atoms. The smallest absolute Gasteiger partial charge is 0.387 e. The molecule has 0 heterocycles. The highest BCUT2D eigenvalue weighted by Gasteiger charge is 2.42. The third-order valence-electron chi connectivity index (χ3n) is 3.21. The van der Waals surface area contributed by atoms with Crippen molar-refractivity contribution in [3.8, 4) is 5.75 Å². The van der Waals surface area contributed by atoms with Gasteiger partial charge < -0.3 is 10.1 Å². The molecule has 0 radical (unpaired) electrons. The second-order valence-electron chi connectivity index (χ2n) is 4.76. The molecule has 1 saturated carbocycles. The molecule has 1 N–H and O–H groups in total. The van der Waals surface area contributed by atoms with Crippen molar-refractivity contribution in [2.24, 2.45) is 5.41 Å². The summed E-state index contributed by atoms with van der Waals surface area (Å²) in [5, 5.41) is 2.62. The number of para-hydroxylation sites is 2. The van der Waals surface area contributed by atoms with Crippen LogP contribution < -0.4 is 10.1 Å². The number of carbonyl (C=O) groups is 1. The van der Waals surface area contributed by atoms with Crippen LogP contribution in [0.2, 0.25) is 0 Å². The molecule has 2 rings (SSSR count). The highest BCUT2D eigenvalue weighted by Crippen LogP contribution is 2.49. The lowest BCUT2D eigenvalue weighted by atomic mass is 10.1. The zero-order valence-corrected chi connectivity index (χ0v) is 11.1. The Labute approximate surface area is 115 Å². The van der Waals surface area contributed by atoms with Gasteiger partial charge in [0.2, 0.25) is 5.91 Å². The van der Waals surface area contributed by atoms with E-state index in [2.05, 4.69) is 22.7 Å². The van der Waals surface area contributed by atoms with Crippen molar-refractivity contribution in [2.45, 2.75) is 25.9 Å². The van der Waals surface area contributed by atoms with Crippen LogP contribution >= 0.6 is 12.6 Å². The van der Waals surface area contributed by atoms with E-state index >= 15 is 0 Å². The Morgan fingerprint density at radius 1 is 1.42 bits per heavy atom. The van der Waals surface area contributed by atoms with E-state index in [0.29, 0.717) is 12.2 Å². The molecule has 1 aliphatic carbocycles. The van der Waals surface area contributed by atoms with E-state index in [1.807, 2.05) is 0 Å². The van der Waals surface area contributed by atoms with Crippen LogP contribution in [0.25, 0.3) is 0 Å². The zero-order valence-electron chi connectivity index (χ0n) is 10.2. The largest absolute Gasteiger partial charge is 0.433 e. The topological polar surface area (TPSA) is 38.3 Å². The lowest BCUT2D eigenvalue weighted by Crippen LogP contribution is -2.19. The van der Waals surface area contributed by atoms with Gasteiger partial charge >= 0.3 is 6.61 Å². The predicted molar refractivity (Wildman–Crippen MR) is 71.8 cm³/mol. The maximum Gasteiger partial charge on any atom is 0.387 e. The first kappa shape index (κ1) is 14.1. The Hall–Kier alpha value is -1.30. The van der Waals surface area contributed by atoms with Gasteiger partial charge in [-0.2, -0.15) is 21.4 Å². The molecule has 104 valence electrons. The highest BCUT2D eigenvalue weighted by atomic mass is 32.1. The number of amides is 1. The van der Waals surface area contributed by atoms with Gasteiger partial charge in [0.15, 0.2) is 0 Å². The number of halogens is 2. The summed E-state index contributed by atoms with van der Waals surface area (Å²) in [4.78, 5) is 11.9. The fourth-order valence-corrected chi connectivity index (χ4v) is 2.30. The van der Waals surface area contributed by atoms with Gasteiger partial charge in [0, 0.05) is 6.42 Å². The molecule has 1 aliphatic rings. The van der Waals surface area contributed by atoms with E-state index in [9.17, 15) is 13.6 Å². The van der Waals surface area contributed by atoms with Crippen molar-refractivity contribution in [1.29, 1.82) is 0 Å². The summed E-state index contributed by atoms with van der Waals surface area (Å²) in [5.41, 5.74) is 0.258. The number of hydrogen-bond donors (Lipinski definition) is 2. The maximum absolute atomic E-state index is 12.2. The van der Waals surface area contributed by atoms with Gasteiger partial charge in [-0.05, 0) is 36.1 Å². The number of anilines is 1. The van der Waals surface area contributed by atoms with Crippen molar-refractivity contribution in [3.05, 3.63) is 24.3 Å². The summed E-state index contributed by atoms with van der Waals surface area (Å²) in [6.07, 6.45) is 2.33. The Morgan fingerprint density at radius 2 is 2.11 bits per heavy atom. The lowest BCUT2D eigenvalue weighted by molar-refractivity contribution is -0.117. The van der Waals surface area contributed by atoms with E-state index in [4.69, 9.17) is 0 Å². The monoisotopic (exact) mass is 287 g/mol. The summed E-state index contributed by atoms with van der Waals surface area (Å²) in [5.74, 6) is 0.439. The second-order valence-corrected chi connectivity index (χ2v) is 5.07. The van der Waals surface area contributed by atoms with Crippen molar-refractivity contribution < 1.29 is 18.3 Å². The average molecular weight is 287 g/mol. The summed E-state index contributed by atoms with van der Waals surface area (Å²) >= 11 is 4.23. The van der Waals surface area contributed by atoms with Gasteiger partial charge in [-0.15, -0.1) is 0 Å². The van der Waals surface area contributed by atoms with Gasteiger partial charge in [0.05, 0.1) is 5.69 Å². The van der Waals surface area contributed by atoms with E-state index < -0.39 is 6.61 Å². The normalized spacial score (nSPS) is 16.2. The molecule has 1 fully saturated rings. The number of nitrogens with one attached hydrogen (secondary N) is 1. The van der Waals surface area contributed by atoms with Crippen molar-refractivity contribution in [1.82, 2.24) is 0 Å². The number of benzene rings is 1. The summed E-state index contributed by atoms with van der Waals surface area (Å²) in [6, 6.07) is 6.16. The van der Waals surface area contributed by atoms with Crippen LogP contribution in [-0.4, -0.2) is 18.3 Å². The first-order chi connectivity index (χ1) is 9.04. The molecule has 0 aromatic heterocycles. The molecule has 3 nitrogen and oxygen atoms in total. The van der Waals surface area contributed by atoms with Gasteiger partial charge in [-0.25, -0.2) is 0 Å². The van der Waals surface area contributed by atoms with Crippen molar-refractivity contribution in [3.63, 3.8) is 0 Å². The Balaban J connectivity index is 2.00. The van der Waals surface area contributed by atoms with Gasteiger partial charge in [-0.1, -0.05) is 12.1 Å². The second kappa shape index (κ2) is 5.77. The molecule has 0 saturated heterocycles. The van der Waals surface area contributed by atoms with Crippen molar-refractivity contribution in [2.75, 3.05) is 11.1 Å². The molecule has 0 unspecified atom stereocenters. The molecule has 19 heavy (non-hydrogen) atoms. The molecule has 0 spiro atoms. The van der Waals surface area contributed by atoms with E-state index in [1.54, 1.807) is 12.1 Å². The highest BCUT2D eigenvalue weighted by molar-refractivity contribution is 7.80. The first-order valence-electron chi connectivity index (χ1n) is 5.99. The van der Waals surface area contributed by atoms with Crippen LogP contribution in [-0.2, 0) is 4.79 Å². The molecule has 1 aromatic rings. The maximum atomic E-state index is 12.2. The first-order valence-corrected chi connectivity index (χ1v) is 6.62. The fourth-order valence-electron chi connectivity index (χ4n) is 1.87. The molecular weight excluding hydrogens is 272 g/mol. The lowest BCUT2D eigenvalue weighted by Gasteiger charge is -2.14. The summed E-state index contributed by atoms with van der Waals surface area (Å²) < 4.78 is 28.8. The minimum atomic E-state index is -2.91. The third-order valence-corrected chi connectivity index (χ3v) is 3.88. The Bertz CT molecular complexity index is 464. The minimum absolute atomic E-state index is 0.00822. The van der Waals surface area contributed by atoms with Crippen LogP contribution in [0.15, 0.2) is 24.3 Å². The van der Waals surface area contributed by atoms with E-state index in [0.717, 1.165) is 12.8 Å². The van der Waals surface area contributed by atoms with Crippen LogP contribution in [0.1, 0.15) is 19.3 Å². The van der Waals surface area contributed by atoms with E-state index in [-0.39, 0.29) is 22.8 Å². The van der Waals surface area contributed by atoms with Gasteiger partial charge in [0.25, 0.3) is 0 Å².